The van der Waals surface area contributed by atoms with Crippen molar-refractivity contribution in [2.75, 3.05) is 13.1 Å². The number of hydrogen-bond donors (Lipinski definition) is 0. The van der Waals surface area contributed by atoms with Crippen LogP contribution >= 0.6 is 0 Å². The molecule has 1 aliphatic rings. The molecular weight excluding hydrogens is 416 g/mol. The van der Waals surface area contributed by atoms with Crippen LogP contribution in [0.3, 0.4) is 0 Å². The second-order valence-corrected chi connectivity index (χ2v) is 9.07. The van der Waals surface area contributed by atoms with Crippen LogP contribution in [0.25, 0.3) is 22.0 Å². The molecule has 170 valence electrons. The fourth-order valence-electron chi connectivity index (χ4n) is 4.41. The zero-order chi connectivity index (χ0) is 22.9. The van der Waals surface area contributed by atoms with E-state index in [2.05, 4.69) is 38.8 Å². The van der Waals surface area contributed by atoms with E-state index in [9.17, 15) is 4.79 Å². The van der Waals surface area contributed by atoms with E-state index in [1.165, 1.54) is 6.26 Å². The van der Waals surface area contributed by atoms with Crippen LogP contribution in [0.15, 0.2) is 47.6 Å². The highest BCUT2D eigenvalue weighted by Crippen LogP contribution is 2.28. The summed E-state index contributed by atoms with van der Waals surface area (Å²) >= 11 is 0. The molecule has 0 amide bonds. The predicted octanol–water partition coefficient (Wildman–Crippen LogP) is 4.03. The second kappa shape index (κ2) is 8.86. The number of rotatable bonds is 6. The molecule has 0 bridgehead atoms. The molecule has 4 aromatic rings. The summed E-state index contributed by atoms with van der Waals surface area (Å²) in [6.45, 7) is 6.51. The van der Waals surface area contributed by atoms with Crippen LogP contribution in [0.1, 0.15) is 54.7 Å². The van der Waals surface area contributed by atoms with E-state index in [4.69, 9.17) is 4.42 Å². The minimum Gasteiger partial charge on any atom is -0.448 e. The van der Waals surface area contributed by atoms with Crippen molar-refractivity contribution in [3.05, 3.63) is 60.5 Å². The molecule has 0 saturated carbocycles. The van der Waals surface area contributed by atoms with Gasteiger partial charge in [0, 0.05) is 54.2 Å². The maximum Gasteiger partial charge on any atom is 0.197 e. The van der Waals surface area contributed by atoms with E-state index in [0.29, 0.717) is 23.3 Å². The van der Waals surface area contributed by atoms with Gasteiger partial charge in [-0.1, -0.05) is 0 Å². The lowest BCUT2D eigenvalue weighted by molar-refractivity contribution is 0.0987. The van der Waals surface area contributed by atoms with Crippen molar-refractivity contribution in [2.45, 2.75) is 45.1 Å². The van der Waals surface area contributed by atoms with Gasteiger partial charge in [-0.05, 0) is 57.3 Å². The van der Waals surface area contributed by atoms with Gasteiger partial charge in [0.2, 0.25) is 0 Å². The van der Waals surface area contributed by atoms with E-state index < -0.39 is 0 Å². The Morgan fingerprint density at radius 1 is 1.12 bits per heavy atom. The quantitative estimate of drug-likeness (QED) is 0.415. The van der Waals surface area contributed by atoms with Crippen LogP contribution < -0.4 is 0 Å². The van der Waals surface area contributed by atoms with Gasteiger partial charge >= 0.3 is 0 Å². The molecule has 0 unspecified atom stereocenters. The Labute approximate surface area is 192 Å². The molecule has 8 heteroatoms. The number of aromatic nitrogens is 5. The zero-order valence-corrected chi connectivity index (χ0v) is 19.2. The highest BCUT2D eigenvalue weighted by Gasteiger charge is 2.26. The summed E-state index contributed by atoms with van der Waals surface area (Å²) in [4.78, 5) is 28.8. The highest BCUT2D eigenvalue weighted by atomic mass is 16.3. The van der Waals surface area contributed by atoms with Gasteiger partial charge in [0.25, 0.3) is 0 Å². The number of pyridine rings is 2. The van der Waals surface area contributed by atoms with Crippen molar-refractivity contribution in [2.24, 2.45) is 7.05 Å². The standard InChI is InChI=1S/C25H28N6O2/c1-16(2)31-6-4-17(5-7-31)25-29-23(15-33-25)24(32)10-21-8-18-9-22(20-13-28-30(3)14-20)27-12-19(18)11-26-21/h8-9,11-17H,4-7,10H2,1-3H3. The lowest BCUT2D eigenvalue weighted by Gasteiger charge is -2.33. The predicted molar refractivity (Wildman–Crippen MR) is 125 cm³/mol. The molecule has 5 heterocycles. The number of fused-ring (bicyclic) bond motifs is 1. The van der Waals surface area contributed by atoms with Gasteiger partial charge in [-0.2, -0.15) is 5.10 Å². The summed E-state index contributed by atoms with van der Waals surface area (Å²) in [5.74, 6) is 0.872. The van der Waals surface area contributed by atoms with Crippen molar-refractivity contribution < 1.29 is 9.21 Å². The van der Waals surface area contributed by atoms with E-state index in [1.54, 1.807) is 23.3 Å². The molecule has 0 spiro atoms. The summed E-state index contributed by atoms with van der Waals surface area (Å²) in [6.07, 6.45) is 11.0. The van der Waals surface area contributed by atoms with Crippen molar-refractivity contribution >= 4 is 16.6 Å². The largest absolute Gasteiger partial charge is 0.448 e. The zero-order valence-electron chi connectivity index (χ0n) is 19.2. The molecule has 0 N–H and O–H groups in total. The Morgan fingerprint density at radius 3 is 2.64 bits per heavy atom. The third-order valence-corrected chi connectivity index (χ3v) is 6.42. The minimum absolute atomic E-state index is 0.0852. The van der Waals surface area contributed by atoms with Crippen molar-refractivity contribution in [1.29, 1.82) is 0 Å². The van der Waals surface area contributed by atoms with Crippen LogP contribution in [-0.4, -0.2) is 54.5 Å². The molecule has 1 saturated heterocycles. The van der Waals surface area contributed by atoms with Crippen LogP contribution in [0, 0.1) is 0 Å². The van der Waals surface area contributed by atoms with Crippen molar-refractivity contribution in [3.8, 4) is 11.3 Å². The molecule has 1 fully saturated rings. The maximum atomic E-state index is 12.9. The molecule has 8 nitrogen and oxygen atoms in total. The number of aryl methyl sites for hydroxylation is 1. The van der Waals surface area contributed by atoms with E-state index in [-0.39, 0.29) is 18.1 Å². The van der Waals surface area contributed by atoms with E-state index >= 15 is 0 Å². The minimum atomic E-state index is -0.0852. The number of nitrogens with zero attached hydrogens (tertiary/aromatic N) is 6. The fraction of sp³-hybridized carbons (Fsp3) is 0.400. The molecule has 0 radical (unpaired) electrons. The van der Waals surface area contributed by atoms with E-state index in [0.717, 1.165) is 48.0 Å². The number of ketones is 1. The lowest BCUT2D eigenvalue weighted by Crippen LogP contribution is -2.37. The van der Waals surface area contributed by atoms with Gasteiger partial charge in [-0.25, -0.2) is 4.98 Å². The number of carbonyl (C=O) groups excluding carboxylic acids is 1. The number of likely N-dealkylation sites (tertiary alicyclic amines) is 1. The Bertz CT molecular complexity index is 1280. The molecule has 1 aliphatic heterocycles. The van der Waals surface area contributed by atoms with Crippen LogP contribution in [0.4, 0.5) is 0 Å². The fourth-order valence-corrected chi connectivity index (χ4v) is 4.41. The molecule has 0 atom stereocenters. The number of oxazole rings is 1. The van der Waals surface area contributed by atoms with Gasteiger partial charge in [0.05, 0.1) is 18.3 Å². The average Bonchev–Trinajstić information content (AvgIpc) is 3.48. The number of carbonyl (C=O) groups is 1. The van der Waals surface area contributed by atoms with Gasteiger partial charge < -0.3 is 9.32 Å². The topological polar surface area (TPSA) is 89.9 Å². The third kappa shape index (κ3) is 4.57. The second-order valence-electron chi connectivity index (χ2n) is 9.07. The first-order valence-corrected chi connectivity index (χ1v) is 11.4. The van der Waals surface area contributed by atoms with Gasteiger partial charge in [0.1, 0.15) is 12.0 Å². The SMILES string of the molecule is CC(C)N1CCC(c2nc(C(=O)Cc3cc4cc(-c5cnn(C)c5)ncc4cn3)co2)CC1. The molecule has 0 aliphatic carbocycles. The monoisotopic (exact) mass is 444 g/mol. The van der Waals surface area contributed by atoms with Crippen LogP contribution in [0.5, 0.6) is 0 Å². The maximum absolute atomic E-state index is 12.9. The highest BCUT2D eigenvalue weighted by molar-refractivity contribution is 5.96. The first-order valence-electron chi connectivity index (χ1n) is 11.4. The number of piperidine rings is 1. The Kier molecular flexibility index (Phi) is 5.76. The summed E-state index contributed by atoms with van der Waals surface area (Å²) in [7, 11) is 1.88. The normalized spacial score (nSPS) is 15.5. The summed E-state index contributed by atoms with van der Waals surface area (Å²) < 4.78 is 7.46. The third-order valence-electron chi connectivity index (χ3n) is 6.42. The Hall–Kier alpha value is -3.39. The number of Topliss-reactive ketones (excluding diaryl/α,β-unsaturated/α-hetero) is 1. The Balaban J connectivity index is 1.29. The van der Waals surface area contributed by atoms with E-state index in [1.807, 2.05) is 25.4 Å². The van der Waals surface area contributed by atoms with Crippen molar-refractivity contribution in [3.63, 3.8) is 0 Å². The molecule has 0 aromatic carbocycles. The average molecular weight is 445 g/mol. The van der Waals surface area contributed by atoms with Crippen LogP contribution in [-0.2, 0) is 13.5 Å². The van der Waals surface area contributed by atoms with Gasteiger partial charge in [-0.15, -0.1) is 0 Å². The molecule has 33 heavy (non-hydrogen) atoms. The first kappa shape index (κ1) is 21.5. The summed E-state index contributed by atoms with van der Waals surface area (Å²) in [5.41, 5.74) is 2.86. The Morgan fingerprint density at radius 2 is 1.91 bits per heavy atom. The smallest absolute Gasteiger partial charge is 0.197 e. The molecule has 5 rings (SSSR count). The lowest BCUT2D eigenvalue weighted by atomic mass is 9.96. The van der Waals surface area contributed by atoms with Crippen LogP contribution in [0.2, 0.25) is 0 Å². The first-order chi connectivity index (χ1) is 16.0. The van der Waals surface area contributed by atoms with Crippen molar-refractivity contribution in [1.82, 2.24) is 29.6 Å². The molecular formula is C25H28N6O2. The summed E-state index contributed by atoms with van der Waals surface area (Å²) in [5, 5.41) is 6.12. The van der Waals surface area contributed by atoms with Gasteiger partial charge in [-0.3, -0.25) is 19.4 Å². The summed E-state index contributed by atoms with van der Waals surface area (Å²) in [6, 6.07) is 4.50. The number of hydrogen-bond acceptors (Lipinski definition) is 7. The molecule has 4 aromatic heterocycles. The van der Waals surface area contributed by atoms with Gasteiger partial charge in [0.15, 0.2) is 11.7 Å².